The van der Waals surface area contributed by atoms with Gasteiger partial charge in [-0.1, -0.05) is 11.6 Å². The van der Waals surface area contributed by atoms with Gasteiger partial charge in [-0.15, -0.1) is 0 Å². The highest BCUT2D eigenvalue weighted by Crippen LogP contribution is 2.22. The van der Waals surface area contributed by atoms with E-state index in [1.54, 1.807) is 30.3 Å². The lowest BCUT2D eigenvalue weighted by Gasteiger charge is -2.10. The van der Waals surface area contributed by atoms with Gasteiger partial charge < -0.3 is 20.0 Å². The summed E-state index contributed by atoms with van der Waals surface area (Å²) in [6, 6.07) is 10.6. The van der Waals surface area contributed by atoms with Gasteiger partial charge in [0.05, 0.1) is 23.7 Å². The van der Waals surface area contributed by atoms with Gasteiger partial charge in [0.15, 0.2) is 0 Å². The first-order valence-electron chi connectivity index (χ1n) is 6.75. The average Bonchev–Trinajstić information content (AvgIpc) is 2.86. The van der Waals surface area contributed by atoms with E-state index in [4.69, 9.17) is 4.74 Å². The van der Waals surface area contributed by atoms with E-state index in [0.29, 0.717) is 28.0 Å². The summed E-state index contributed by atoms with van der Waals surface area (Å²) in [6.45, 7) is 1.91. The lowest BCUT2D eigenvalue weighted by atomic mass is 10.1. The predicted molar refractivity (Wildman–Crippen MR) is 84.6 cm³/mol. The van der Waals surface area contributed by atoms with Crippen LogP contribution in [0.25, 0.3) is 11.0 Å². The van der Waals surface area contributed by atoms with Crippen molar-refractivity contribution in [3.63, 3.8) is 0 Å². The fraction of sp³-hybridized carbons (Fsp3) is 0.125. The van der Waals surface area contributed by atoms with Gasteiger partial charge in [-0.05, 0) is 37.3 Å². The Morgan fingerprint density at radius 3 is 2.64 bits per heavy atom. The lowest BCUT2D eigenvalue weighted by molar-refractivity contribution is 0.102. The van der Waals surface area contributed by atoms with E-state index in [1.807, 2.05) is 13.0 Å². The molecule has 1 amide bonds. The summed E-state index contributed by atoms with van der Waals surface area (Å²) in [7, 11) is 1.53. The van der Waals surface area contributed by atoms with Gasteiger partial charge in [-0.3, -0.25) is 4.79 Å². The van der Waals surface area contributed by atoms with E-state index in [9.17, 15) is 9.59 Å². The molecule has 6 heteroatoms. The fourth-order valence-corrected chi connectivity index (χ4v) is 2.31. The number of imidazole rings is 1. The van der Waals surface area contributed by atoms with Crippen LogP contribution >= 0.6 is 0 Å². The Morgan fingerprint density at radius 1 is 1.09 bits per heavy atom. The molecule has 0 fully saturated rings. The number of H-pyrrole nitrogens is 2. The second kappa shape index (κ2) is 5.40. The van der Waals surface area contributed by atoms with Crippen molar-refractivity contribution in [3.05, 3.63) is 58.0 Å². The molecule has 1 heterocycles. The topological polar surface area (TPSA) is 87.0 Å². The average molecular weight is 297 g/mol. The molecule has 112 valence electrons. The molecule has 0 saturated heterocycles. The Bertz CT molecular complexity index is 908. The third-order valence-electron chi connectivity index (χ3n) is 3.37. The number of amides is 1. The van der Waals surface area contributed by atoms with Crippen LogP contribution in [-0.2, 0) is 0 Å². The molecule has 0 saturated carbocycles. The molecule has 2 aromatic carbocycles. The number of aromatic amines is 2. The minimum Gasteiger partial charge on any atom is -0.496 e. The van der Waals surface area contributed by atoms with Gasteiger partial charge in [0.1, 0.15) is 5.75 Å². The van der Waals surface area contributed by atoms with Crippen LogP contribution in [0.1, 0.15) is 15.9 Å². The number of carbonyl (C=O) groups excluding carboxylic acids is 1. The van der Waals surface area contributed by atoms with Gasteiger partial charge in [0.25, 0.3) is 5.91 Å². The molecule has 1 aromatic heterocycles. The number of aromatic nitrogens is 2. The monoisotopic (exact) mass is 297 g/mol. The van der Waals surface area contributed by atoms with E-state index < -0.39 is 0 Å². The van der Waals surface area contributed by atoms with E-state index in [1.165, 1.54) is 7.11 Å². The van der Waals surface area contributed by atoms with Crippen molar-refractivity contribution in [2.75, 3.05) is 12.4 Å². The van der Waals surface area contributed by atoms with Crippen LogP contribution in [0.3, 0.4) is 0 Å². The molecule has 0 atom stereocenters. The quantitative estimate of drug-likeness (QED) is 0.694. The summed E-state index contributed by atoms with van der Waals surface area (Å²) in [5.74, 6) is 0.247. The second-order valence-corrected chi connectivity index (χ2v) is 5.00. The number of carbonyl (C=O) groups is 1. The van der Waals surface area contributed by atoms with Gasteiger partial charge in [0.2, 0.25) is 0 Å². The van der Waals surface area contributed by atoms with E-state index in [-0.39, 0.29) is 11.6 Å². The smallest absolute Gasteiger partial charge is 0.323 e. The molecule has 6 nitrogen and oxygen atoms in total. The molecule has 0 radical (unpaired) electrons. The number of fused-ring (bicyclic) bond motifs is 1. The molecular formula is C16H15N3O3. The molecule has 0 aliphatic heterocycles. The highest BCUT2D eigenvalue weighted by molar-refractivity contribution is 6.06. The lowest BCUT2D eigenvalue weighted by Crippen LogP contribution is -2.13. The number of methoxy groups -OCH3 is 1. The van der Waals surface area contributed by atoms with Gasteiger partial charge in [-0.25, -0.2) is 4.79 Å². The number of ether oxygens (including phenoxy) is 1. The first-order valence-corrected chi connectivity index (χ1v) is 6.75. The van der Waals surface area contributed by atoms with Gasteiger partial charge >= 0.3 is 5.69 Å². The summed E-state index contributed by atoms with van der Waals surface area (Å²) in [5, 5.41) is 2.81. The zero-order valence-corrected chi connectivity index (χ0v) is 12.2. The number of hydrogen-bond donors (Lipinski definition) is 3. The van der Waals surface area contributed by atoms with E-state index in [0.717, 1.165) is 5.56 Å². The minimum absolute atomic E-state index is 0.266. The predicted octanol–water partition coefficient (Wildman–Crippen LogP) is 2.43. The Kier molecular flexibility index (Phi) is 3.42. The Balaban J connectivity index is 1.92. The fourth-order valence-electron chi connectivity index (χ4n) is 2.31. The summed E-state index contributed by atoms with van der Waals surface area (Å²) in [5.41, 5.74) is 3.08. The van der Waals surface area contributed by atoms with Crippen molar-refractivity contribution in [2.24, 2.45) is 0 Å². The first kappa shape index (κ1) is 13.9. The Hall–Kier alpha value is -3.02. The summed E-state index contributed by atoms with van der Waals surface area (Å²) in [4.78, 5) is 29.0. The van der Waals surface area contributed by atoms with E-state index in [2.05, 4.69) is 15.3 Å². The van der Waals surface area contributed by atoms with Crippen LogP contribution in [0.5, 0.6) is 5.75 Å². The van der Waals surface area contributed by atoms with Crippen LogP contribution in [0, 0.1) is 6.92 Å². The van der Waals surface area contributed by atoms with Crippen LogP contribution < -0.4 is 15.7 Å². The van der Waals surface area contributed by atoms with Crippen LogP contribution in [0.15, 0.2) is 41.2 Å². The molecule has 22 heavy (non-hydrogen) atoms. The van der Waals surface area contributed by atoms with Crippen molar-refractivity contribution in [1.29, 1.82) is 0 Å². The zero-order valence-electron chi connectivity index (χ0n) is 12.2. The van der Waals surface area contributed by atoms with Gasteiger partial charge in [-0.2, -0.15) is 0 Å². The minimum atomic E-state index is -0.279. The molecule has 3 rings (SSSR count). The standard InChI is InChI=1S/C16H15N3O3/c1-9-3-6-14(22-2)11(7-9)15(20)17-10-4-5-12-13(8-10)19-16(21)18-12/h3-8H,1-2H3,(H,17,20)(H2,18,19,21). The summed E-state index contributed by atoms with van der Waals surface area (Å²) >= 11 is 0. The highest BCUT2D eigenvalue weighted by atomic mass is 16.5. The van der Waals surface area contributed by atoms with Crippen LogP contribution in [-0.4, -0.2) is 23.0 Å². The van der Waals surface area contributed by atoms with Gasteiger partial charge in [0, 0.05) is 5.69 Å². The molecule has 3 N–H and O–H groups in total. The Morgan fingerprint density at radius 2 is 1.86 bits per heavy atom. The molecular weight excluding hydrogens is 282 g/mol. The molecule has 0 aliphatic carbocycles. The summed E-state index contributed by atoms with van der Waals surface area (Å²) < 4.78 is 5.22. The number of nitrogens with one attached hydrogen (secondary N) is 3. The first-order chi connectivity index (χ1) is 10.6. The summed E-state index contributed by atoms with van der Waals surface area (Å²) in [6.07, 6.45) is 0. The number of aryl methyl sites for hydroxylation is 1. The third kappa shape index (κ3) is 2.58. The van der Waals surface area contributed by atoms with Crippen LogP contribution in [0.2, 0.25) is 0 Å². The molecule has 0 bridgehead atoms. The molecule has 3 aromatic rings. The number of hydrogen-bond acceptors (Lipinski definition) is 3. The zero-order chi connectivity index (χ0) is 15.7. The van der Waals surface area contributed by atoms with Crippen molar-refractivity contribution >= 4 is 22.6 Å². The van der Waals surface area contributed by atoms with Crippen LogP contribution in [0.4, 0.5) is 5.69 Å². The largest absolute Gasteiger partial charge is 0.496 e. The number of rotatable bonds is 3. The van der Waals surface area contributed by atoms with Crippen molar-refractivity contribution in [2.45, 2.75) is 6.92 Å². The number of benzene rings is 2. The molecule has 0 aliphatic rings. The maximum Gasteiger partial charge on any atom is 0.323 e. The SMILES string of the molecule is COc1ccc(C)cc1C(=O)Nc1ccc2[nH]c(=O)[nH]c2c1. The number of anilines is 1. The highest BCUT2D eigenvalue weighted by Gasteiger charge is 2.13. The third-order valence-corrected chi connectivity index (χ3v) is 3.37. The maximum absolute atomic E-state index is 12.4. The van der Waals surface area contributed by atoms with Crippen molar-refractivity contribution in [3.8, 4) is 5.75 Å². The second-order valence-electron chi connectivity index (χ2n) is 5.00. The molecule has 0 unspecified atom stereocenters. The maximum atomic E-state index is 12.4. The normalized spacial score (nSPS) is 10.6. The molecule has 0 spiro atoms. The van der Waals surface area contributed by atoms with Crippen molar-refractivity contribution in [1.82, 2.24) is 9.97 Å². The van der Waals surface area contributed by atoms with Crippen molar-refractivity contribution < 1.29 is 9.53 Å². The van der Waals surface area contributed by atoms with E-state index >= 15 is 0 Å². The Labute approximate surface area is 126 Å².